The van der Waals surface area contributed by atoms with Gasteiger partial charge in [0.2, 0.25) is 0 Å². The highest BCUT2D eigenvalue weighted by Gasteiger charge is 2.16. The van der Waals surface area contributed by atoms with Crippen molar-refractivity contribution in [3.63, 3.8) is 0 Å². The Balaban J connectivity index is 0.000000507. The summed E-state index contributed by atoms with van der Waals surface area (Å²) in [5.41, 5.74) is 4.76. The van der Waals surface area contributed by atoms with Crippen molar-refractivity contribution in [1.29, 1.82) is 0 Å². The number of benzene rings is 2. The molecule has 2 heteroatoms. The number of rotatable bonds is 8. The molecule has 26 heavy (non-hydrogen) atoms. The average molecular weight is 352 g/mol. The Labute approximate surface area is 159 Å². The van der Waals surface area contributed by atoms with Crippen molar-refractivity contribution in [2.45, 2.75) is 46.0 Å². The van der Waals surface area contributed by atoms with E-state index < -0.39 is 0 Å². The highest BCUT2D eigenvalue weighted by Crippen LogP contribution is 2.20. The van der Waals surface area contributed by atoms with E-state index in [9.17, 15) is 9.59 Å². The van der Waals surface area contributed by atoms with Crippen LogP contribution in [0.5, 0.6) is 0 Å². The summed E-state index contributed by atoms with van der Waals surface area (Å²) in [7, 11) is 0. The van der Waals surface area contributed by atoms with Crippen LogP contribution in [-0.2, 0) is 22.4 Å². The highest BCUT2D eigenvalue weighted by atomic mass is 16.1. The van der Waals surface area contributed by atoms with E-state index >= 15 is 0 Å². The summed E-state index contributed by atoms with van der Waals surface area (Å²) >= 11 is 0. The Morgan fingerprint density at radius 2 is 1.46 bits per heavy atom. The minimum absolute atomic E-state index is 0. The Morgan fingerprint density at radius 1 is 0.846 bits per heavy atom. The number of hydrogen-bond donors (Lipinski definition) is 0. The molecule has 0 N–H and O–H groups in total. The number of aryl methyl sites for hydroxylation is 3. The van der Waals surface area contributed by atoms with Gasteiger partial charge in [0.05, 0.1) is 0 Å². The normalized spacial score (nSPS) is 11.8. The molecule has 0 spiro atoms. The summed E-state index contributed by atoms with van der Waals surface area (Å²) in [4.78, 5) is 22.0. The molecule has 3 rings (SSSR count). The zero-order chi connectivity index (χ0) is 18.8. The summed E-state index contributed by atoms with van der Waals surface area (Å²) in [5.74, 6) is 0.552. The van der Waals surface area contributed by atoms with Crippen molar-refractivity contribution >= 4 is 11.6 Å². The van der Waals surface area contributed by atoms with Gasteiger partial charge in [-0.1, -0.05) is 66.2 Å². The molecule has 1 aliphatic rings. The zero-order valence-corrected chi connectivity index (χ0v) is 15.7. The lowest BCUT2D eigenvalue weighted by molar-refractivity contribution is -0.117. The van der Waals surface area contributed by atoms with E-state index in [4.69, 9.17) is 0 Å². The minimum atomic E-state index is 0. The monoisotopic (exact) mass is 351 g/mol. The van der Waals surface area contributed by atoms with Gasteiger partial charge in [-0.15, -0.1) is 0 Å². The summed E-state index contributed by atoms with van der Waals surface area (Å²) in [6, 6.07) is 18.6. The zero-order valence-electron chi connectivity index (χ0n) is 15.7. The number of allylic oxidation sites excluding steroid dienone is 2. The first-order valence-corrected chi connectivity index (χ1v) is 9.22. The fourth-order valence-electron chi connectivity index (χ4n) is 2.54. The van der Waals surface area contributed by atoms with Gasteiger partial charge in [-0.05, 0) is 49.8 Å². The van der Waals surface area contributed by atoms with Gasteiger partial charge in [0.25, 0.3) is 0 Å². The molecule has 0 saturated carbocycles. The third kappa shape index (κ3) is 8.06. The molecule has 139 valence electrons. The van der Waals surface area contributed by atoms with Crippen LogP contribution in [0.3, 0.4) is 0 Å². The third-order valence-electron chi connectivity index (χ3n) is 4.25. The second kappa shape index (κ2) is 10.5. The molecule has 0 heterocycles. The molecule has 2 aromatic rings. The van der Waals surface area contributed by atoms with Crippen LogP contribution in [-0.4, -0.2) is 11.6 Å². The molecule has 0 amide bonds. The highest BCUT2D eigenvalue weighted by molar-refractivity contribution is 6.02. The van der Waals surface area contributed by atoms with E-state index in [-0.39, 0.29) is 8.64 Å². The summed E-state index contributed by atoms with van der Waals surface area (Å²) in [6.45, 7) is 3.71. The second-order valence-electron chi connectivity index (χ2n) is 6.74. The summed E-state index contributed by atoms with van der Waals surface area (Å²) < 4.78 is 0. The fourth-order valence-corrected chi connectivity index (χ4v) is 2.54. The Kier molecular flexibility index (Phi) is 8.01. The Hall–Kier alpha value is -2.48. The van der Waals surface area contributed by atoms with Crippen molar-refractivity contribution in [2.24, 2.45) is 0 Å². The van der Waals surface area contributed by atoms with E-state index in [1.807, 2.05) is 42.8 Å². The van der Waals surface area contributed by atoms with Gasteiger partial charge in [0.15, 0.2) is 5.78 Å². The van der Waals surface area contributed by atoms with Crippen molar-refractivity contribution in [3.05, 3.63) is 89.4 Å². The molecule has 1 aliphatic carbocycles. The summed E-state index contributed by atoms with van der Waals surface area (Å²) in [5, 5.41) is 0. The van der Waals surface area contributed by atoms with Gasteiger partial charge in [0, 0.05) is 22.1 Å². The van der Waals surface area contributed by atoms with E-state index in [1.165, 1.54) is 16.7 Å². The predicted octanol–water partition coefficient (Wildman–Crippen LogP) is 5.73. The number of hydrogen-bond acceptors (Lipinski definition) is 2. The molecule has 2 aromatic carbocycles. The van der Waals surface area contributed by atoms with E-state index in [2.05, 4.69) is 31.2 Å². The van der Waals surface area contributed by atoms with Crippen LogP contribution < -0.4 is 0 Å². The third-order valence-corrected chi connectivity index (χ3v) is 4.25. The second-order valence-corrected chi connectivity index (χ2v) is 6.74. The lowest BCUT2D eigenvalue weighted by atomic mass is 10.0. The minimum Gasteiger partial charge on any atom is -0.300 e. The number of ketones is 2. The Morgan fingerprint density at radius 3 is 2.04 bits per heavy atom. The van der Waals surface area contributed by atoms with Gasteiger partial charge < -0.3 is 4.79 Å². The van der Waals surface area contributed by atoms with Crippen LogP contribution in [0.2, 0.25) is 0 Å². The van der Waals surface area contributed by atoms with Gasteiger partial charge in [-0.25, -0.2) is 0 Å². The van der Waals surface area contributed by atoms with Crippen molar-refractivity contribution < 1.29 is 12.4 Å². The SMILES string of the molecule is CC(=O)CCc1ccccc1.Cc1ccc(CCCC(=O)C2=C[CH]2)cc1.[HH].[HH]. The average Bonchev–Trinajstić information content (AvgIpc) is 3.48. The molecule has 0 fully saturated rings. The molecule has 0 aliphatic heterocycles. The number of Topliss-reactive ketones (excluding diaryl/α,β-unsaturated/α-hetero) is 2. The largest absolute Gasteiger partial charge is 0.300 e. The van der Waals surface area contributed by atoms with E-state index in [0.717, 1.165) is 24.8 Å². The molecule has 0 unspecified atom stereocenters. The molecular formula is C24H31O2. The van der Waals surface area contributed by atoms with Crippen LogP contribution in [0.25, 0.3) is 0 Å². The van der Waals surface area contributed by atoms with Crippen LogP contribution in [0.1, 0.15) is 45.7 Å². The lowest BCUT2D eigenvalue weighted by Gasteiger charge is -2.00. The molecule has 2 nitrogen and oxygen atoms in total. The maximum Gasteiger partial charge on any atom is 0.159 e. The van der Waals surface area contributed by atoms with E-state index in [0.29, 0.717) is 18.6 Å². The quantitative estimate of drug-likeness (QED) is 0.608. The maximum atomic E-state index is 11.4. The van der Waals surface area contributed by atoms with Gasteiger partial charge >= 0.3 is 0 Å². The summed E-state index contributed by atoms with van der Waals surface area (Å²) in [6.07, 6.45) is 7.92. The van der Waals surface area contributed by atoms with Crippen molar-refractivity contribution in [1.82, 2.24) is 0 Å². The molecule has 0 bridgehead atoms. The van der Waals surface area contributed by atoms with Crippen LogP contribution in [0.15, 0.2) is 66.2 Å². The maximum absolute atomic E-state index is 11.4. The van der Waals surface area contributed by atoms with Crippen molar-refractivity contribution in [3.8, 4) is 0 Å². The van der Waals surface area contributed by atoms with Gasteiger partial charge in [0.1, 0.15) is 5.78 Å². The predicted molar refractivity (Wildman–Crippen MR) is 111 cm³/mol. The fraction of sp³-hybridized carbons (Fsp3) is 0.292. The van der Waals surface area contributed by atoms with Gasteiger partial charge in [-0.3, -0.25) is 4.79 Å². The molecule has 0 aromatic heterocycles. The van der Waals surface area contributed by atoms with Crippen LogP contribution in [0, 0.1) is 13.3 Å². The molecular weight excluding hydrogens is 320 g/mol. The first kappa shape index (κ1) is 19.8. The van der Waals surface area contributed by atoms with Gasteiger partial charge in [-0.2, -0.15) is 0 Å². The molecule has 1 radical (unpaired) electrons. The molecule has 0 saturated heterocycles. The Bertz CT molecular complexity index is 750. The number of carbonyl (C=O) groups excluding carboxylic acids is 2. The smallest absolute Gasteiger partial charge is 0.159 e. The first-order chi connectivity index (χ1) is 12.5. The first-order valence-electron chi connectivity index (χ1n) is 9.22. The number of carbonyl (C=O) groups is 2. The molecule has 0 atom stereocenters. The van der Waals surface area contributed by atoms with E-state index in [1.54, 1.807) is 6.92 Å². The van der Waals surface area contributed by atoms with Crippen LogP contribution in [0.4, 0.5) is 0 Å². The lowest BCUT2D eigenvalue weighted by Crippen LogP contribution is -1.96. The van der Waals surface area contributed by atoms with Crippen molar-refractivity contribution in [2.75, 3.05) is 0 Å². The topological polar surface area (TPSA) is 34.1 Å². The van der Waals surface area contributed by atoms with Crippen LogP contribution >= 0.6 is 0 Å². The standard InChI is InChI=1S/C14H15O.C10H12O.2H2/c1-11-5-7-12(8-6-11)3-2-4-14(15)13-9-10-13;1-9(11)7-8-10-5-3-2-4-6-10;;/h5-10H,2-4H2,1H3;2-6H,7-8H2,1H3;2*1H.